The van der Waals surface area contributed by atoms with E-state index in [0.717, 1.165) is 26.1 Å². The minimum Gasteiger partial charge on any atom is -0.321 e. The molecule has 20 heavy (non-hydrogen) atoms. The van der Waals surface area contributed by atoms with Crippen LogP contribution < -0.4 is 5.32 Å². The van der Waals surface area contributed by atoms with Crippen molar-refractivity contribution in [3.05, 3.63) is 35.4 Å². The molecule has 1 aromatic carbocycles. The van der Waals surface area contributed by atoms with Crippen LogP contribution in [0.3, 0.4) is 0 Å². The molecule has 1 saturated heterocycles. The third-order valence-corrected chi connectivity index (χ3v) is 4.04. The summed E-state index contributed by atoms with van der Waals surface area (Å²) in [7, 11) is 2.08. The highest BCUT2D eigenvalue weighted by Crippen LogP contribution is 2.22. The molecule has 1 aliphatic rings. The van der Waals surface area contributed by atoms with Crippen LogP contribution in [0.1, 0.15) is 31.1 Å². The molecule has 1 N–H and O–H groups in total. The fourth-order valence-corrected chi connectivity index (χ4v) is 2.46. The quantitative estimate of drug-likeness (QED) is 0.857. The first-order valence-corrected chi connectivity index (χ1v) is 7.46. The molecule has 0 saturated carbocycles. The van der Waals surface area contributed by atoms with E-state index in [2.05, 4.69) is 55.4 Å². The fourth-order valence-electron chi connectivity index (χ4n) is 2.46. The van der Waals surface area contributed by atoms with Gasteiger partial charge in [-0.1, -0.05) is 38.1 Å². The summed E-state index contributed by atoms with van der Waals surface area (Å²) >= 11 is 0. The fraction of sp³-hybridized carbons (Fsp3) is 0.562. The number of hydrogen-bond donors (Lipinski definition) is 1. The topological polar surface area (TPSA) is 35.6 Å². The van der Waals surface area contributed by atoms with Gasteiger partial charge in [-0.25, -0.2) is 0 Å². The van der Waals surface area contributed by atoms with E-state index in [1.807, 2.05) is 4.90 Å². The minimum atomic E-state index is 0.0265. The molecule has 4 nitrogen and oxygen atoms in total. The van der Waals surface area contributed by atoms with E-state index in [1.54, 1.807) is 0 Å². The monoisotopic (exact) mass is 275 g/mol. The van der Waals surface area contributed by atoms with Crippen molar-refractivity contribution in [2.24, 2.45) is 0 Å². The Morgan fingerprint density at radius 1 is 1.30 bits per heavy atom. The molecule has 1 atom stereocenters. The number of rotatable bonds is 6. The van der Waals surface area contributed by atoms with Crippen LogP contribution in [0.4, 0.5) is 0 Å². The maximum absolute atomic E-state index is 12.0. The molecule has 0 radical (unpaired) electrons. The lowest BCUT2D eigenvalue weighted by atomic mass is 10.1. The zero-order chi connectivity index (χ0) is 14.5. The molecular weight excluding hydrogens is 250 g/mol. The lowest BCUT2D eigenvalue weighted by Crippen LogP contribution is -2.37. The van der Waals surface area contributed by atoms with Crippen LogP contribution in [-0.2, 0) is 11.2 Å². The lowest BCUT2D eigenvalue weighted by Gasteiger charge is -2.27. The Morgan fingerprint density at radius 3 is 2.60 bits per heavy atom. The van der Waals surface area contributed by atoms with E-state index in [1.165, 1.54) is 11.1 Å². The number of benzene rings is 1. The number of likely N-dealkylation sites (N-methyl/N-ethyl adjacent to an activating group) is 1. The molecule has 1 fully saturated rings. The smallest absolute Gasteiger partial charge is 0.238 e. The standard InChI is InChI=1S/C16H25N3O/c1-4-13-6-8-14(9-7-13)16-17-12-15(20)19(16)11-10-18(3)5-2/h6-9,16-17H,4-5,10-12H2,1-3H3. The summed E-state index contributed by atoms with van der Waals surface area (Å²) in [5.41, 5.74) is 2.50. The summed E-state index contributed by atoms with van der Waals surface area (Å²) in [6, 6.07) is 8.56. The van der Waals surface area contributed by atoms with E-state index < -0.39 is 0 Å². The van der Waals surface area contributed by atoms with Crippen molar-refractivity contribution in [3.63, 3.8) is 0 Å². The minimum absolute atomic E-state index is 0.0265. The van der Waals surface area contributed by atoms with Crippen LogP contribution in [0.15, 0.2) is 24.3 Å². The highest BCUT2D eigenvalue weighted by Gasteiger charge is 2.31. The molecule has 2 rings (SSSR count). The Balaban J connectivity index is 2.06. The summed E-state index contributed by atoms with van der Waals surface area (Å²) < 4.78 is 0. The third-order valence-electron chi connectivity index (χ3n) is 4.04. The Hall–Kier alpha value is -1.39. The first-order chi connectivity index (χ1) is 9.65. The van der Waals surface area contributed by atoms with Gasteiger partial charge in [-0.3, -0.25) is 10.1 Å². The van der Waals surface area contributed by atoms with Crippen molar-refractivity contribution in [2.45, 2.75) is 26.4 Å². The Labute approximate surface area is 121 Å². The second kappa shape index (κ2) is 6.86. The van der Waals surface area contributed by atoms with E-state index >= 15 is 0 Å². The van der Waals surface area contributed by atoms with Gasteiger partial charge in [0.25, 0.3) is 0 Å². The van der Waals surface area contributed by atoms with Crippen LogP contribution >= 0.6 is 0 Å². The average molecular weight is 275 g/mol. The van der Waals surface area contributed by atoms with Gasteiger partial charge in [0.1, 0.15) is 6.17 Å². The van der Waals surface area contributed by atoms with Gasteiger partial charge in [0.15, 0.2) is 0 Å². The molecule has 4 heteroatoms. The number of carbonyl (C=O) groups excluding carboxylic acids is 1. The van der Waals surface area contributed by atoms with E-state index in [-0.39, 0.29) is 12.1 Å². The zero-order valence-corrected chi connectivity index (χ0v) is 12.7. The maximum atomic E-state index is 12.0. The molecule has 1 aromatic rings. The maximum Gasteiger partial charge on any atom is 0.238 e. The summed E-state index contributed by atoms with van der Waals surface area (Å²) in [5, 5.41) is 3.31. The highest BCUT2D eigenvalue weighted by molar-refractivity contribution is 5.80. The van der Waals surface area contributed by atoms with Gasteiger partial charge in [-0.2, -0.15) is 0 Å². The molecule has 110 valence electrons. The second-order valence-electron chi connectivity index (χ2n) is 5.36. The molecule has 1 amide bonds. The first-order valence-electron chi connectivity index (χ1n) is 7.46. The third kappa shape index (κ3) is 3.38. The molecule has 0 aromatic heterocycles. The van der Waals surface area contributed by atoms with Gasteiger partial charge < -0.3 is 9.80 Å². The van der Waals surface area contributed by atoms with Crippen molar-refractivity contribution in [2.75, 3.05) is 33.2 Å². The SMILES string of the molecule is CCc1ccc(C2NCC(=O)N2CCN(C)CC)cc1. The normalized spacial score (nSPS) is 19.1. The Morgan fingerprint density at radius 2 is 2.00 bits per heavy atom. The number of carbonyl (C=O) groups is 1. The van der Waals surface area contributed by atoms with Crippen LogP contribution in [0, 0.1) is 0 Å². The van der Waals surface area contributed by atoms with Gasteiger partial charge in [0.05, 0.1) is 6.54 Å². The second-order valence-corrected chi connectivity index (χ2v) is 5.36. The van der Waals surface area contributed by atoms with Crippen LogP contribution in [0.25, 0.3) is 0 Å². The van der Waals surface area contributed by atoms with E-state index in [0.29, 0.717) is 6.54 Å². The van der Waals surface area contributed by atoms with Crippen molar-refractivity contribution < 1.29 is 4.79 Å². The van der Waals surface area contributed by atoms with Gasteiger partial charge in [-0.15, -0.1) is 0 Å². The Bertz CT molecular complexity index is 444. The molecular formula is C16H25N3O. The van der Waals surface area contributed by atoms with Crippen LogP contribution in [0.2, 0.25) is 0 Å². The Kier molecular flexibility index (Phi) is 5.15. The van der Waals surface area contributed by atoms with Crippen LogP contribution in [-0.4, -0.2) is 48.9 Å². The molecule has 0 spiro atoms. The molecule has 1 aliphatic heterocycles. The largest absolute Gasteiger partial charge is 0.321 e. The average Bonchev–Trinajstić information content (AvgIpc) is 2.86. The van der Waals surface area contributed by atoms with Gasteiger partial charge in [0.2, 0.25) is 5.91 Å². The van der Waals surface area contributed by atoms with Crippen molar-refractivity contribution in [1.82, 2.24) is 15.1 Å². The van der Waals surface area contributed by atoms with Crippen molar-refractivity contribution >= 4 is 5.91 Å². The number of nitrogens with zero attached hydrogens (tertiary/aromatic N) is 2. The molecule has 1 unspecified atom stereocenters. The predicted molar refractivity (Wildman–Crippen MR) is 81.4 cm³/mol. The number of nitrogens with one attached hydrogen (secondary N) is 1. The van der Waals surface area contributed by atoms with E-state index in [9.17, 15) is 4.79 Å². The summed E-state index contributed by atoms with van der Waals surface area (Å²) in [6.07, 6.45) is 1.07. The number of aryl methyl sites for hydroxylation is 1. The highest BCUT2D eigenvalue weighted by atomic mass is 16.2. The zero-order valence-electron chi connectivity index (χ0n) is 12.7. The molecule has 0 bridgehead atoms. The summed E-state index contributed by atoms with van der Waals surface area (Å²) in [4.78, 5) is 16.2. The van der Waals surface area contributed by atoms with Crippen molar-refractivity contribution in [1.29, 1.82) is 0 Å². The first kappa shape index (κ1) is 15.0. The van der Waals surface area contributed by atoms with Gasteiger partial charge in [0, 0.05) is 13.1 Å². The van der Waals surface area contributed by atoms with Gasteiger partial charge in [-0.05, 0) is 31.1 Å². The van der Waals surface area contributed by atoms with E-state index in [4.69, 9.17) is 0 Å². The van der Waals surface area contributed by atoms with Gasteiger partial charge >= 0.3 is 0 Å². The van der Waals surface area contributed by atoms with Crippen molar-refractivity contribution in [3.8, 4) is 0 Å². The predicted octanol–water partition coefficient (Wildman–Crippen LogP) is 1.63. The molecule has 1 heterocycles. The molecule has 0 aliphatic carbocycles. The van der Waals surface area contributed by atoms with Crippen LogP contribution in [0.5, 0.6) is 0 Å². The summed E-state index contributed by atoms with van der Waals surface area (Å²) in [5.74, 6) is 0.194. The summed E-state index contributed by atoms with van der Waals surface area (Å²) in [6.45, 7) is 7.41. The lowest BCUT2D eigenvalue weighted by molar-refractivity contribution is -0.128. The number of amides is 1. The number of hydrogen-bond acceptors (Lipinski definition) is 3.